The topological polar surface area (TPSA) is 98.4 Å². The van der Waals surface area contributed by atoms with Gasteiger partial charge in [0.15, 0.2) is 0 Å². The summed E-state index contributed by atoms with van der Waals surface area (Å²) in [5, 5.41) is 2.77. The molecule has 0 bridgehead atoms. The standard InChI is InChI=1S/C25H27N5O3/c1-16-7-9-18(10-8-16)25(2)23(32)30(24(33)28-25)15-21(31)29-13-11-17(12-14-29)22-26-19-5-3-4-6-20(19)27-22/h3-10,17H,11-15H2,1-2H3,(H,26,27)(H,28,33). The van der Waals surface area contributed by atoms with Crippen molar-refractivity contribution in [2.24, 2.45) is 0 Å². The van der Waals surface area contributed by atoms with Gasteiger partial charge in [-0.15, -0.1) is 0 Å². The van der Waals surface area contributed by atoms with E-state index in [1.54, 1.807) is 11.8 Å². The summed E-state index contributed by atoms with van der Waals surface area (Å²) in [5.74, 6) is 0.589. The van der Waals surface area contributed by atoms with Crippen molar-refractivity contribution >= 4 is 28.9 Å². The second-order valence-corrected chi connectivity index (χ2v) is 9.11. The Labute approximate surface area is 192 Å². The van der Waals surface area contributed by atoms with Crippen LogP contribution in [0.1, 0.15) is 42.6 Å². The number of carbonyl (C=O) groups excluding carboxylic acids is 3. The summed E-state index contributed by atoms with van der Waals surface area (Å²) in [6, 6.07) is 14.9. The molecule has 5 rings (SSSR count). The summed E-state index contributed by atoms with van der Waals surface area (Å²) in [6.07, 6.45) is 1.57. The van der Waals surface area contributed by atoms with Crippen LogP contribution in [0.2, 0.25) is 0 Å². The molecular weight excluding hydrogens is 418 g/mol. The van der Waals surface area contributed by atoms with Crippen molar-refractivity contribution in [3.05, 3.63) is 65.5 Å². The van der Waals surface area contributed by atoms with Crippen molar-refractivity contribution < 1.29 is 14.4 Å². The Morgan fingerprint density at radius 3 is 2.48 bits per heavy atom. The lowest BCUT2D eigenvalue weighted by Crippen LogP contribution is -2.46. The Hall–Kier alpha value is -3.68. The quantitative estimate of drug-likeness (QED) is 0.603. The molecule has 0 saturated carbocycles. The molecule has 3 aromatic rings. The van der Waals surface area contributed by atoms with Gasteiger partial charge in [0.25, 0.3) is 5.91 Å². The van der Waals surface area contributed by atoms with Crippen LogP contribution in [0, 0.1) is 6.92 Å². The number of para-hydroxylation sites is 2. The van der Waals surface area contributed by atoms with Crippen molar-refractivity contribution in [3.63, 3.8) is 0 Å². The number of hydrogen-bond acceptors (Lipinski definition) is 4. The molecular formula is C25H27N5O3. The Morgan fingerprint density at radius 1 is 1.09 bits per heavy atom. The number of imide groups is 1. The van der Waals surface area contributed by atoms with Gasteiger partial charge in [-0.05, 0) is 44.4 Å². The zero-order valence-electron chi connectivity index (χ0n) is 18.8. The lowest BCUT2D eigenvalue weighted by atomic mass is 9.91. The van der Waals surface area contributed by atoms with Crippen LogP contribution in [0.4, 0.5) is 4.79 Å². The minimum absolute atomic E-state index is 0.213. The number of H-pyrrole nitrogens is 1. The van der Waals surface area contributed by atoms with Crippen LogP contribution >= 0.6 is 0 Å². The first-order valence-electron chi connectivity index (χ1n) is 11.3. The first-order valence-corrected chi connectivity index (χ1v) is 11.3. The summed E-state index contributed by atoms with van der Waals surface area (Å²) in [5.41, 5.74) is 2.56. The van der Waals surface area contributed by atoms with Crippen LogP contribution in [0.5, 0.6) is 0 Å². The molecule has 170 valence electrons. The van der Waals surface area contributed by atoms with E-state index in [1.807, 2.05) is 55.5 Å². The fraction of sp³-hybridized carbons (Fsp3) is 0.360. The van der Waals surface area contributed by atoms with Crippen molar-refractivity contribution in [1.29, 1.82) is 0 Å². The first kappa shape index (κ1) is 21.2. The van der Waals surface area contributed by atoms with Gasteiger partial charge in [0.05, 0.1) is 11.0 Å². The number of amides is 4. The highest BCUT2D eigenvalue weighted by atomic mass is 16.2. The maximum Gasteiger partial charge on any atom is 0.325 e. The lowest BCUT2D eigenvalue weighted by molar-refractivity contribution is -0.139. The number of urea groups is 1. The highest BCUT2D eigenvalue weighted by Gasteiger charge is 2.49. The number of likely N-dealkylation sites (tertiary alicyclic amines) is 1. The largest absolute Gasteiger partial charge is 0.342 e. The zero-order valence-corrected chi connectivity index (χ0v) is 18.8. The van der Waals surface area contributed by atoms with Gasteiger partial charge in [-0.1, -0.05) is 42.0 Å². The molecule has 2 saturated heterocycles. The highest BCUT2D eigenvalue weighted by molar-refractivity contribution is 6.09. The predicted octanol–water partition coefficient (Wildman–Crippen LogP) is 3.04. The van der Waals surface area contributed by atoms with Crippen LogP contribution in [-0.4, -0.2) is 57.2 Å². The van der Waals surface area contributed by atoms with E-state index in [-0.39, 0.29) is 18.4 Å². The third-order valence-corrected chi connectivity index (χ3v) is 6.84. The molecule has 2 fully saturated rings. The number of piperidine rings is 1. The lowest BCUT2D eigenvalue weighted by Gasteiger charge is -2.32. The third-order valence-electron chi connectivity index (χ3n) is 6.84. The summed E-state index contributed by atoms with van der Waals surface area (Å²) < 4.78 is 0. The Kier molecular flexibility index (Phi) is 5.15. The molecule has 0 aliphatic carbocycles. The van der Waals surface area contributed by atoms with Gasteiger partial charge in [-0.3, -0.25) is 14.5 Å². The fourth-order valence-corrected chi connectivity index (χ4v) is 4.73. The molecule has 0 radical (unpaired) electrons. The summed E-state index contributed by atoms with van der Waals surface area (Å²) >= 11 is 0. The summed E-state index contributed by atoms with van der Waals surface area (Å²) in [4.78, 5) is 49.5. The number of aryl methyl sites for hydroxylation is 1. The first-order chi connectivity index (χ1) is 15.8. The maximum absolute atomic E-state index is 13.1. The number of hydrogen-bond donors (Lipinski definition) is 2. The van der Waals surface area contributed by atoms with Crippen molar-refractivity contribution in [3.8, 4) is 0 Å². The average molecular weight is 446 g/mol. The second kappa shape index (κ2) is 8.03. The molecule has 2 aromatic carbocycles. The Morgan fingerprint density at radius 2 is 1.79 bits per heavy atom. The van der Waals surface area contributed by atoms with Crippen molar-refractivity contribution in [2.75, 3.05) is 19.6 Å². The number of aromatic amines is 1. The van der Waals surface area contributed by atoms with E-state index >= 15 is 0 Å². The highest BCUT2D eigenvalue weighted by Crippen LogP contribution is 2.30. The van der Waals surface area contributed by atoms with Crippen molar-refractivity contribution in [1.82, 2.24) is 25.1 Å². The predicted molar refractivity (Wildman–Crippen MR) is 123 cm³/mol. The van der Waals surface area contributed by atoms with Crippen LogP contribution < -0.4 is 5.32 Å². The van der Waals surface area contributed by atoms with E-state index in [1.165, 1.54) is 0 Å². The van der Waals surface area contributed by atoms with Crippen LogP contribution in [-0.2, 0) is 15.1 Å². The number of imidazole rings is 1. The summed E-state index contributed by atoms with van der Waals surface area (Å²) in [7, 11) is 0. The summed E-state index contributed by atoms with van der Waals surface area (Å²) in [6.45, 7) is 4.53. The number of fused-ring (bicyclic) bond motifs is 1. The number of nitrogens with one attached hydrogen (secondary N) is 2. The smallest absolute Gasteiger partial charge is 0.325 e. The maximum atomic E-state index is 13.1. The van der Waals surface area contributed by atoms with Gasteiger partial charge < -0.3 is 15.2 Å². The number of carbonyl (C=O) groups is 3. The SMILES string of the molecule is Cc1ccc(C2(C)NC(=O)N(CC(=O)N3CCC(c4nc5ccccc5[nH]4)CC3)C2=O)cc1. The van der Waals surface area contributed by atoms with Crippen LogP contribution in [0.15, 0.2) is 48.5 Å². The molecule has 2 aliphatic heterocycles. The number of benzene rings is 2. The third kappa shape index (κ3) is 3.75. The van der Waals surface area contributed by atoms with Crippen LogP contribution in [0.3, 0.4) is 0 Å². The van der Waals surface area contributed by atoms with Gasteiger partial charge in [-0.25, -0.2) is 9.78 Å². The normalized spacial score (nSPS) is 21.6. The van der Waals surface area contributed by atoms with E-state index in [9.17, 15) is 14.4 Å². The monoisotopic (exact) mass is 445 g/mol. The molecule has 3 heterocycles. The number of rotatable bonds is 4. The number of nitrogens with zero attached hydrogens (tertiary/aromatic N) is 3. The minimum Gasteiger partial charge on any atom is -0.342 e. The van der Waals surface area contributed by atoms with Gasteiger partial charge in [0, 0.05) is 19.0 Å². The Balaban J connectivity index is 1.22. The molecule has 0 spiro atoms. The van der Waals surface area contributed by atoms with E-state index < -0.39 is 17.5 Å². The molecule has 2 N–H and O–H groups in total. The van der Waals surface area contributed by atoms with E-state index in [2.05, 4.69) is 10.3 Å². The zero-order chi connectivity index (χ0) is 23.2. The number of aromatic nitrogens is 2. The molecule has 1 atom stereocenters. The molecule has 33 heavy (non-hydrogen) atoms. The molecule has 8 nitrogen and oxygen atoms in total. The molecule has 8 heteroatoms. The van der Waals surface area contributed by atoms with E-state index in [0.29, 0.717) is 18.7 Å². The molecule has 4 amide bonds. The van der Waals surface area contributed by atoms with Crippen LogP contribution in [0.25, 0.3) is 11.0 Å². The molecule has 2 aliphatic rings. The minimum atomic E-state index is -1.17. The fourth-order valence-electron chi connectivity index (χ4n) is 4.73. The van der Waals surface area contributed by atoms with E-state index in [0.717, 1.165) is 40.2 Å². The molecule has 1 unspecified atom stereocenters. The van der Waals surface area contributed by atoms with E-state index in [4.69, 9.17) is 4.98 Å². The van der Waals surface area contributed by atoms with Gasteiger partial charge in [0.1, 0.15) is 17.9 Å². The van der Waals surface area contributed by atoms with Crippen molar-refractivity contribution in [2.45, 2.75) is 38.1 Å². The molecule has 1 aromatic heterocycles. The average Bonchev–Trinajstić information content (AvgIpc) is 3.35. The second-order valence-electron chi connectivity index (χ2n) is 9.11. The Bertz CT molecular complexity index is 1190. The van der Waals surface area contributed by atoms with Gasteiger partial charge in [-0.2, -0.15) is 0 Å². The van der Waals surface area contributed by atoms with Gasteiger partial charge >= 0.3 is 6.03 Å². The van der Waals surface area contributed by atoms with Gasteiger partial charge in [0.2, 0.25) is 5.91 Å².